The summed E-state index contributed by atoms with van der Waals surface area (Å²) in [5.74, 6) is 0.564. The summed E-state index contributed by atoms with van der Waals surface area (Å²) in [5.41, 5.74) is 1.06. The average molecular weight is 391 g/mol. The van der Waals surface area contributed by atoms with Crippen LogP contribution in [0.3, 0.4) is 0 Å². The van der Waals surface area contributed by atoms with Gasteiger partial charge in [0.1, 0.15) is 12.7 Å². The molecule has 5 nitrogen and oxygen atoms in total. The summed E-state index contributed by atoms with van der Waals surface area (Å²) >= 11 is 3.42. The lowest BCUT2D eigenvalue weighted by atomic mass is 10.2. The lowest BCUT2D eigenvalue weighted by Crippen LogP contribution is -2.33. The van der Waals surface area contributed by atoms with Crippen molar-refractivity contribution in [2.45, 2.75) is 19.1 Å². The molecule has 2 heterocycles. The zero-order chi connectivity index (χ0) is 16.8. The molecular formula is C18H19BrN2O3. The van der Waals surface area contributed by atoms with Crippen LogP contribution in [0.15, 0.2) is 53.1 Å². The van der Waals surface area contributed by atoms with E-state index in [1.165, 1.54) is 0 Å². The van der Waals surface area contributed by atoms with E-state index in [0.29, 0.717) is 25.6 Å². The van der Waals surface area contributed by atoms with Gasteiger partial charge in [-0.25, -0.2) is 4.98 Å². The monoisotopic (exact) mass is 390 g/mol. The molecule has 1 amide bonds. The predicted molar refractivity (Wildman–Crippen MR) is 93.6 cm³/mol. The van der Waals surface area contributed by atoms with Gasteiger partial charge in [0.2, 0.25) is 11.8 Å². The number of amides is 1. The van der Waals surface area contributed by atoms with Gasteiger partial charge in [0.05, 0.1) is 17.6 Å². The van der Waals surface area contributed by atoms with Gasteiger partial charge in [0.15, 0.2) is 0 Å². The maximum absolute atomic E-state index is 12.2. The standard InChI is InChI=1S/C18H19BrN2O3/c19-16-7-4-9-20-18(16)24-15-8-10-21(11-15)17(22)13-23-12-14-5-2-1-3-6-14/h1-7,9,15H,8,10-13H2. The number of pyridine rings is 1. The van der Waals surface area contributed by atoms with E-state index in [-0.39, 0.29) is 18.6 Å². The second-order valence-corrected chi connectivity index (χ2v) is 6.49. The number of carbonyl (C=O) groups is 1. The third-order valence-electron chi connectivity index (χ3n) is 3.84. The van der Waals surface area contributed by atoms with Crippen LogP contribution in [0, 0.1) is 0 Å². The number of ether oxygens (including phenoxy) is 2. The molecule has 1 aromatic heterocycles. The second kappa shape index (κ2) is 8.26. The topological polar surface area (TPSA) is 51.7 Å². The zero-order valence-corrected chi connectivity index (χ0v) is 14.8. The zero-order valence-electron chi connectivity index (χ0n) is 13.2. The van der Waals surface area contributed by atoms with Crippen molar-refractivity contribution in [1.82, 2.24) is 9.88 Å². The summed E-state index contributed by atoms with van der Waals surface area (Å²) in [6.45, 7) is 1.79. The Kier molecular flexibility index (Phi) is 5.82. The Bertz CT molecular complexity index is 681. The molecule has 126 valence electrons. The third kappa shape index (κ3) is 4.55. The Morgan fingerprint density at radius 1 is 1.25 bits per heavy atom. The minimum Gasteiger partial charge on any atom is -0.472 e. The van der Waals surface area contributed by atoms with E-state index in [1.54, 1.807) is 11.1 Å². The van der Waals surface area contributed by atoms with Crippen LogP contribution in [0.5, 0.6) is 5.88 Å². The Morgan fingerprint density at radius 2 is 2.08 bits per heavy atom. The highest BCUT2D eigenvalue weighted by Gasteiger charge is 2.28. The lowest BCUT2D eigenvalue weighted by molar-refractivity contribution is -0.135. The molecule has 24 heavy (non-hydrogen) atoms. The largest absolute Gasteiger partial charge is 0.472 e. The summed E-state index contributed by atoms with van der Waals surface area (Å²) in [6.07, 6.45) is 2.46. The Balaban J connectivity index is 1.43. The average Bonchev–Trinajstić information content (AvgIpc) is 3.07. The van der Waals surface area contributed by atoms with Crippen molar-refractivity contribution in [3.63, 3.8) is 0 Å². The van der Waals surface area contributed by atoms with E-state index >= 15 is 0 Å². The second-order valence-electron chi connectivity index (χ2n) is 5.64. The van der Waals surface area contributed by atoms with Gasteiger partial charge in [-0.2, -0.15) is 0 Å². The number of aromatic nitrogens is 1. The minimum absolute atomic E-state index is 0.00267. The van der Waals surface area contributed by atoms with E-state index in [0.717, 1.165) is 16.5 Å². The fraction of sp³-hybridized carbons (Fsp3) is 0.333. The number of halogens is 1. The third-order valence-corrected chi connectivity index (χ3v) is 4.44. The number of nitrogens with zero attached hydrogens (tertiary/aromatic N) is 2. The molecule has 1 unspecified atom stereocenters. The van der Waals surface area contributed by atoms with Gasteiger partial charge >= 0.3 is 0 Å². The Hall–Kier alpha value is -1.92. The molecule has 0 radical (unpaired) electrons. The van der Waals surface area contributed by atoms with Crippen LogP contribution >= 0.6 is 15.9 Å². The first kappa shape index (κ1) is 16.9. The SMILES string of the molecule is O=C(COCc1ccccc1)N1CCC(Oc2ncccc2Br)C1. The van der Waals surface area contributed by atoms with Crippen LogP contribution in [-0.2, 0) is 16.1 Å². The van der Waals surface area contributed by atoms with Gasteiger partial charge < -0.3 is 14.4 Å². The molecule has 0 saturated carbocycles. The van der Waals surface area contributed by atoms with Gasteiger partial charge in [-0.15, -0.1) is 0 Å². The van der Waals surface area contributed by atoms with Gasteiger partial charge in [0.25, 0.3) is 0 Å². The number of likely N-dealkylation sites (tertiary alicyclic amines) is 1. The summed E-state index contributed by atoms with van der Waals surface area (Å²) in [4.78, 5) is 18.2. The quantitative estimate of drug-likeness (QED) is 0.760. The molecule has 0 bridgehead atoms. The van der Waals surface area contributed by atoms with E-state index in [1.807, 2.05) is 42.5 Å². The van der Waals surface area contributed by atoms with Gasteiger partial charge in [-0.1, -0.05) is 30.3 Å². The number of hydrogen-bond acceptors (Lipinski definition) is 4. The van der Waals surface area contributed by atoms with Crippen molar-refractivity contribution in [2.75, 3.05) is 19.7 Å². The molecule has 1 fully saturated rings. The molecule has 3 rings (SSSR count). The van der Waals surface area contributed by atoms with E-state index < -0.39 is 0 Å². The number of rotatable bonds is 6. The molecule has 1 aromatic carbocycles. The maximum atomic E-state index is 12.2. The highest BCUT2D eigenvalue weighted by Crippen LogP contribution is 2.24. The lowest BCUT2D eigenvalue weighted by Gasteiger charge is -2.17. The van der Waals surface area contributed by atoms with E-state index in [2.05, 4.69) is 20.9 Å². The Labute approximate surface area is 149 Å². The van der Waals surface area contributed by atoms with Crippen molar-refractivity contribution < 1.29 is 14.3 Å². The number of benzene rings is 1. The van der Waals surface area contributed by atoms with Crippen LogP contribution in [-0.4, -0.2) is 41.6 Å². The summed E-state index contributed by atoms with van der Waals surface area (Å²) < 4.78 is 12.2. The first-order chi connectivity index (χ1) is 11.7. The first-order valence-corrected chi connectivity index (χ1v) is 8.68. The smallest absolute Gasteiger partial charge is 0.248 e. The van der Waals surface area contributed by atoms with Crippen molar-refractivity contribution in [2.24, 2.45) is 0 Å². The molecule has 1 aliphatic heterocycles. The van der Waals surface area contributed by atoms with Crippen molar-refractivity contribution in [3.05, 3.63) is 58.7 Å². The molecule has 2 aromatic rings. The molecule has 6 heteroatoms. The summed E-state index contributed by atoms with van der Waals surface area (Å²) in [5, 5.41) is 0. The van der Waals surface area contributed by atoms with Crippen LogP contribution < -0.4 is 4.74 Å². The highest BCUT2D eigenvalue weighted by molar-refractivity contribution is 9.10. The maximum Gasteiger partial charge on any atom is 0.248 e. The predicted octanol–water partition coefficient (Wildman–Crippen LogP) is 3.04. The van der Waals surface area contributed by atoms with Crippen molar-refractivity contribution >= 4 is 21.8 Å². The highest BCUT2D eigenvalue weighted by atomic mass is 79.9. The van der Waals surface area contributed by atoms with Crippen molar-refractivity contribution in [3.8, 4) is 5.88 Å². The first-order valence-electron chi connectivity index (χ1n) is 7.89. The normalized spacial score (nSPS) is 17.0. The van der Waals surface area contributed by atoms with Gasteiger partial charge in [0, 0.05) is 19.2 Å². The van der Waals surface area contributed by atoms with Crippen LogP contribution in [0.25, 0.3) is 0 Å². The molecule has 0 N–H and O–H groups in total. The molecule has 1 atom stereocenters. The van der Waals surface area contributed by atoms with Crippen LogP contribution in [0.4, 0.5) is 0 Å². The molecule has 0 spiro atoms. The van der Waals surface area contributed by atoms with Gasteiger partial charge in [-0.3, -0.25) is 4.79 Å². The van der Waals surface area contributed by atoms with Crippen molar-refractivity contribution in [1.29, 1.82) is 0 Å². The van der Waals surface area contributed by atoms with Crippen LogP contribution in [0.2, 0.25) is 0 Å². The van der Waals surface area contributed by atoms with Gasteiger partial charge in [-0.05, 0) is 33.6 Å². The van der Waals surface area contributed by atoms with E-state index in [4.69, 9.17) is 9.47 Å². The number of carbonyl (C=O) groups excluding carboxylic acids is 1. The summed E-state index contributed by atoms with van der Waals surface area (Å²) in [6, 6.07) is 13.6. The fourth-order valence-corrected chi connectivity index (χ4v) is 2.94. The minimum atomic E-state index is -0.0331. The summed E-state index contributed by atoms with van der Waals surface area (Å²) in [7, 11) is 0. The fourth-order valence-electron chi connectivity index (χ4n) is 2.59. The molecule has 1 aliphatic rings. The molecule has 0 aliphatic carbocycles. The molecule has 1 saturated heterocycles. The Morgan fingerprint density at radius 3 is 2.88 bits per heavy atom. The number of hydrogen-bond donors (Lipinski definition) is 0. The van der Waals surface area contributed by atoms with Crippen LogP contribution in [0.1, 0.15) is 12.0 Å². The van der Waals surface area contributed by atoms with E-state index in [9.17, 15) is 4.79 Å². The molecular weight excluding hydrogens is 372 g/mol.